The van der Waals surface area contributed by atoms with E-state index in [1.54, 1.807) is 0 Å². The molecule has 1 N–H and O–H groups in total. The van der Waals surface area contributed by atoms with Crippen molar-refractivity contribution in [3.8, 4) is 0 Å². The SMILES string of the molecule is CCC1NC(C2CCCC2)N(CCCCCSC)C1=O. The number of unbranched alkanes of at least 4 members (excludes halogenated alkanes) is 2. The highest BCUT2D eigenvalue weighted by molar-refractivity contribution is 7.98. The van der Waals surface area contributed by atoms with Gasteiger partial charge >= 0.3 is 0 Å². The number of thioether (sulfide) groups is 1. The second-order valence-electron chi connectivity index (χ2n) is 6.20. The Kier molecular flexibility index (Phi) is 6.69. The Hall–Kier alpha value is -0.220. The van der Waals surface area contributed by atoms with Gasteiger partial charge in [-0.3, -0.25) is 10.1 Å². The van der Waals surface area contributed by atoms with Gasteiger partial charge in [-0.25, -0.2) is 0 Å². The van der Waals surface area contributed by atoms with Gasteiger partial charge in [0.05, 0.1) is 12.2 Å². The predicted octanol–water partition coefficient (Wildman–Crippen LogP) is 3.25. The first-order chi connectivity index (χ1) is 9.77. The van der Waals surface area contributed by atoms with Crippen LogP contribution in [0.3, 0.4) is 0 Å². The van der Waals surface area contributed by atoms with E-state index in [4.69, 9.17) is 0 Å². The van der Waals surface area contributed by atoms with Crippen molar-refractivity contribution in [2.45, 2.75) is 70.5 Å². The zero-order valence-electron chi connectivity index (χ0n) is 13.1. The van der Waals surface area contributed by atoms with Crippen LogP contribution in [0.2, 0.25) is 0 Å². The number of carbonyl (C=O) groups is 1. The smallest absolute Gasteiger partial charge is 0.241 e. The topological polar surface area (TPSA) is 32.3 Å². The molecule has 2 rings (SSSR count). The highest BCUT2D eigenvalue weighted by Crippen LogP contribution is 2.32. The molecule has 3 nitrogen and oxygen atoms in total. The fraction of sp³-hybridized carbons (Fsp3) is 0.938. The lowest BCUT2D eigenvalue weighted by molar-refractivity contribution is -0.130. The zero-order chi connectivity index (χ0) is 14.4. The Balaban J connectivity index is 1.85. The van der Waals surface area contributed by atoms with Crippen LogP contribution >= 0.6 is 11.8 Å². The number of nitrogens with zero attached hydrogens (tertiary/aromatic N) is 1. The van der Waals surface area contributed by atoms with E-state index in [0.717, 1.165) is 19.4 Å². The van der Waals surface area contributed by atoms with Crippen molar-refractivity contribution in [2.24, 2.45) is 5.92 Å². The molecule has 4 heteroatoms. The number of nitrogens with one attached hydrogen (secondary N) is 1. The summed E-state index contributed by atoms with van der Waals surface area (Å²) in [6.07, 6.45) is 12.4. The standard InChI is InChI=1S/C16H30N2OS/c1-3-14-16(19)18(11-7-4-8-12-20-2)15(17-14)13-9-5-6-10-13/h13-15,17H,3-12H2,1-2H3. The molecular weight excluding hydrogens is 268 g/mol. The molecule has 1 amide bonds. The van der Waals surface area contributed by atoms with E-state index in [9.17, 15) is 4.79 Å². The minimum Gasteiger partial charge on any atom is -0.326 e. The summed E-state index contributed by atoms with van der Waals surface area (Å²) in [5, 5.41) is 3.61. The quantitative estimate of drug-likeness (QED) is 0.698. The first-order valence-corrected chi connectivity index (χ1v) is 9.72. The predicted molar refractivity (Wildman–Crippen MR) is 86.9 cm³/mol. The van der Waals surface area contributed by atoms with Crippen LogP contribution in [0.4, 0.5) is 0 Å². The van der Waals surface area contributed by atoms with E-state index in [2.05, 4.69) is 23.4 Å². The molecule has 0 aromatic carbocycles. The van der Waals surface area contributed by atoms with Gasteiger partial charge < -0.3 is 4.90 Å². The molecule has 1 heterocycles. The minimum absolute atomic E-state index is 0.0757. The third-order valence-corrected chi connectivity index (χ3v) is 5.49. The van der Waals surface area contributed by atoms with Gasteiger partial charge in [0.25, 0.3) is 0 Å². The number of rotatable bonds is 8. The molecule has 116 valence electrons. The van der Waals surface area contributed by atoms with Crippen molar-refractivity contribution < 1.29 is 4.79 Å². The molecule has 2 unspecified atom stereocenters. The van der Waals surface area contributed by atoms with Gasteiger partial charge in [0, 0.05) is 6.54 Å². The maximum atomic E-state index is 12.5. The van der Waals surface area contributed by atoms with Crippen molar-refractivity contribution in [3.05, 3.63) is 0 Å². The van der Waals surface area contributed by atoms with Gasteiger partial charge in [-0.1, -0.05) is 26.2 Å². The van der Waals surface area contributed by atoms with Gasteiger partial charge in [-0.05, 0) is 50.0 Å². The molecule has 1 saturated heterocycles. The van der Waals surface area contributed by atoms with Gasteiger partial charge in [0.1, 0.15) is 0 Å². The van der Waals surface area contributed by atoms with Gasteiger partial charge in [0.15, 0.2) is 0 Å². The molecule has 1 saturated carbocycles. The number of amides is 1. The Morgan fingerprint density at radius 3 is 2.65 bits per heavy atom. The van der Waals surface area contributed by atoms with E-state index in [1.807, 2.05) is 11.8 Å². The van der Waals surface area contributed by atoms with E-state index in [1.165, 1.54) is 44.3 Å². The van der Waals surface area contributed by atoms with E-state index in [0.29, 0.717) is 18.0 Å². The summed E-state index contributed by atoms with van der Waals surface area (Å²) in [5.74, 6) is 2.30. The molecule has 0 radical (unpaired) electrons. The van der Waals surface area contributed by atoms with Crippen LogP contribution in [0.5, 0.6) is 0 Å². The maximum absolute atomic E-state index is 12.5. The molecule has 2 aliphatic rings. The van der Waals surface area contributed by atoms with Crippen molar-refractivity contribution >= 4 is 17.7 Å². The summed E-state index contributed by atoms with van der Waals surface area (Å²) < 4.78 is 0. The molecule has 0 bridgehead atoms. The van der Waals surface area contributed by atoms with E-state index < -0.39 is 0 Å². The fourth-order valence-corrected chi connectivity index (χ4v) is 4.11. The normalized spacial score (nSPS) is 27.7. The third-order valence-electron chi connectivity index (χ3n) is 4.79. The number of hydrogen-bond acceptors (Lipinski definition) is 3. The van der Waals surface area contributed by atoms with Gasteiger partial charge in [-0.15, -0.1) is 0 Å². The van der Waals surface area contributed by atoms with Crippen LogP contribution in [-0.2, 0) is 4.79 Å². The van der Waals surface area contributed by atoms with Crippen LogP contribution in [0.25, 0.3) is 0 Å². The van der Waals surface area contributed by atoms with E-state index >= 15 is 0 Å². The Morgan fingerprint density at radius 2 is 2.00 bits per heavy atom. The summed E-state index contributed by atoms with van der Waals surface area (Å²) in [4.78, 5) is 14.7. The molecule has 1 aliphatic carbocycles. The van der Waals surface area contributed by atoms with Crippen LogP contribution < -0.4 is 5.32 Å². The molecule has 2 atom stereocenters. The van der Waals surface area contributed by atoms with Crippen LogP contribution in [0, 0.1) is 5.92 Å². The number of carbonyl (C=O) groups excluding carboxylic acids is 1. The molecule has 20 heavy (non-hydrogen) atoms. The molecular formula is C16H30N2OS. The number of hydrogen-bond donors (Lipinski definition) is 1. The zero-order valence-corrected chi connectivity index (χ0v) is 13.9. The molecule has 0 aromatic heterocycles. The average Bonchev–Trinajstić information content (AvgIpc) is 3.07. The lowest BCUT2D eigenvalue weighted by Crippen LogP contribution is -2.43. The summed E-state index contributed by atoms with van der Waals surface area (Å²) in [5.41, 5.74) is 0. The van der Waals surface area contributed by atoms with Gasteiger partial charge in [-0.2, -0.15) is 11.8 Å². The molecule has 2 fully saturated rings. The summed E-state index contributed by atoms with van der Waals surface area (Å²) in [6.45, 7) is 3.07. The first-order valence-electron chi connectivity index (χ1n) is 8.33. The Morgan fingerprint density at radius 1 is 1.25 bits per heavy atom. The molecule has 0 spiro atoms. The third kappa shape index (κ3) is 3.91. The minimum atomic E-state index is 0.0757. The summed E-state index contributed by atoms with van der Waals surface area (Å²) >= 11 is 1.92. The fourth-order valence-electron chi connectivity index (χ4n) is 3.62. The monoisotopic (exact) mass is 298 g/mol. The van der Waals surface area contributed by atoms with Crippen molar-refractivity contribution in [3.63, 3.8) is 0 Å². The van der Waals surface area contributed by atoms with Crippen LogP contribution in [0.15, 0.2) is 0 Å². The van der Waals surface area contributed by atoms with Crippen LogP contribution in [0.1, 0.15) is 58.3 Å². The van der Waals surface area contributed by atoms with Crippen LogP contribution in [-0.4, -0.2) is 41.6 Å². The second-order valence-corrected chi connectivity index (χ2v) is 7.19. The average molecular weight is 298 g/mol. The maximum Gasteiger partial charge on any atom is 0.241 e. The molecule has 1 aliphatic heterocycles. The largest absolute Gasteiger partial charge is 0.326 e. The highest BCUT2D eigenvalue weighted by atomic mass is 32.2. The second kappa shape index (κ2) is 8.28. The van der Waals surface area contributed by atoms with Gasteiger partial charge in [0.2, 0.25) is 5.91 Å². The van der Waals surface area contributed by atoms with E-state index in [-0.39, 0.29) is 6.04 Å². The summed E-state index contributed by atoms with van der Waals surface area (Å²) in [6, 6.07) is 0.0757. The van der Waals surface area contributed by atoms with Crippen molar-refractivity contribution in [1.29, 1.82) is 0 Å². The van der Waals surface area contributed by atoms with Crippen molar-refractivity contribution in [2.75, 3.05) is 18.6 Å². The Labute approximate surface area is 128 Å². The molecule has 0 aromatic rings. The Bertz CT molecular complexity index is 305. The summed E-state index contributed by atoms with van der Waals surface area (Å²) in [7, 11) is 0. The highest BCUT2D eigenvalue weighted by Gasteiger charge is 2.41. The lowest BCUT2D eigenvalue weighted by Gasteiger charge is -2.29. The first kappa shape index (κ1) is 16.2. The van der Waals surface area contributed by atoms with Crippen molar-refractivity contribution in [1.82, 2.24) is 10.2 Å². The lowest BCUT2D eigenvalue weighted by atomic mass is 10.0.